The monoisotopic (exact) mass is 151 g/mol. The van der Waals surface area contributed by atoms with Crippen molar-refractivity contribution >= 4 is 0 Å². The van der Waals surface area contributed by atoms with Gasteiger partial charge in [-0.25, -0.2) is 0 Å². The average molecular weight is 151 g/mol. The SMILES string of the molecule is FC(F)(F)/C=C1/CCNC1. The Kier molecular flexibility index (Phi) is 1.99. The molecule has 0 amide bonds. The Balaban J connectivity index is 2.53. The van der Waals surface area contributed by atoms with Gasteiger partial charge >= 0.3 is 6.18 Å². The van der Waals surface area contributed by atoms with E-state index in [1.54, 1.807) is 0 Å². The summed E-state index contributed by atoms with van der Waals surface area (Å²) in [7, 11) is 0. The van der Waals surface area contributed by atoms with Crippen LogP contribution in [0.15, 0.2) is 11.6 Å². The first kappa shape index (κ1) is 7.60. The van der Waals surface area contributed by atoms with Gasteiger partial charge in [0.1, 0.15) is 0 Å². The third-order valence-electron chi connectivity index (χ3n) is 1.34. The number of rotatable bonds is 0. The summed E-state index contributed by atoms with van der Waals surface area (Å²) < 4.78 is 34.8. The summed E-state index contributed by atoms with van der Waals surface area (Å²) in [6.45, 7) is 1.06. The molecule has 0 aliphatic carbocycles. The molecule has 0 atom stereocenters. The highest BCUT2D eigenvalue weighted by Crippen LogP contribution is 2.20. The predicted octanol–water partition coefficient (Wildman–Crippen LogP) is 1.47. The van der Waals surface area contributed by atoms with Crippen molar-refractivity contribution in [1.29, 1.82) is 0 Å². The van der Waals surface area contributed by atoms with E-state index in [1.807, 2.05) is 0 Å². The van der Waals surface area contributed by atoms with Crippen molar-refractivity contribution in [3.63, 3.8) is 0 Å². The zero-order chi connectivity index (χ0) is 7.61. The van der Waals surface area contributed by atoms with E-state index in [4.69, 9.17) is 0 Å². The molecule has 58 valence electrons. The molecule has 1 rings (SSSR count). The van der Waals surface area contributed by atoms with E-state index in [-0.39, 0.29) is 0 Å². The van der Waals surface area contributed by atoms with Gasteiger partial charge in [0.25, 0.3) is 0 Å². The van der Waals surface area contributed by atoms with Crippen LogP contribution in [0.5, 0.6) is 0 Å². The van der Waals surface area contributed by atoms with Crippen LogP contribution in [0, 0.1) is 0 Å². The number of hydrogen-bond donors (Lipinski definition) is 1. The number of hydrogen-bond acceptors (Lipinski definition) is 1. The van der Waals surface area contributed by atoms with Crippen LogP contribution < -0.4 is 5.32 Å². The van der Waals surface area contributed by atoms with Crippen LogP contribution >= 0.6 is 0 Å². The van der Waals surface area contributed by atoms with E-state index in [1.165, 1.54) is 0 Å². The molecule has 0 bridgehead atoms. The highest BCUT2D eigenvalue weighted by Gasteiger charge is 2.25. The second-order valence-corrected chi connectivity index (χ2v) is 2.27. The molecule has 10 heavy (non-hydrogen) atoms. The number of alkyl halides is 3. The fourth-order valence-corrected chi connectivity index (χ4v) is 0.941. The van der Waals surface area contributed by atoms with Gasteiger partial charge in [-0.1, -0.05) is 5.57 Å². The maximum Gasteiger partial charge on any atom is 0.409 e. The average Bonchev–Trinajstić information content (AvgIpc) is 2.12. The van der Waals surface area contributed by atoms with Crippen LogP contribution in [0.25, 0.3) is 0 Å². The quantitative estimate of drug-likeness (QED) is 0.517. The third-order valence-corrected chi connectivity index (χ3v) is 1.34. The Morgan fingerprint density at radius 3 is 2.50 bits per heavy atom. The molecule has 0 unspecified atom stereocenters. The normalized spacial score (nSPS) is 24.1. The molecule has 4 heteroatoms. The van der Waals surface area contributed by atoms with Crippen molar-refractivity contribution in [1.82, 2.24) is 5.32 Å². The van der Waals surface area contributed by atoms with Gasteiger partial charge in [-0.2, -0.15) is 13.2 Å². The van der Waals surface area contributed by atoms with Crippen LogP contribution in [0.3, 0.4) is 0 Å². The molecule has 1 fully saturated rings. The molecule has 0 spiro atoms. The maximum atomic E-state index is 11.6. The third kappa shape index (κ3) is 2.39. The molecule has 1 heterocycles. The van der Waals surface area contributed by atoms with E-state index in [2.05, 4.69) is 5.32 Å². The summed E-state index contributed by atoms with van der Waals surface area (Å²) in [6.07, 6.45) is -3.23. The molecule has 1 aliphatic rings. The van der Waals surface area contributed by atoms with Crippen LogP contribution in [0.1, 0.15) is 6.42 Å². The molecule has 0 aromatic carbocycles. The van der Waals surface area contributed by atoms with Gasteiger partial charge in [-0.3, -0.25) is 0 Å². The number of halogens is 3. The van der Waals surface area contributed by atoms with Crippen LogP contribution in [-0.2, 0) is 0 Å². The minimum atomic E-state index is -4.14. The van der Waals surface area contributed by atoms with Crippen molar-refractivity contribution in [2.75, 3.05) is 13.1 Å². The van der Waals surface area contributed by atoms with Gasteiger partial charge in [-0.15, -0.1) is 0 Å². The van der Waals surface area contributed by atoms with E-state index in [0.717, 1.165) is 0 Å². The zero-order valence-electron chi connectivity index (χ0n) is 5.33. The molecular formula is C6H8F3N. The highest BCUT2D eigenvalue weighted by molar-refractivity contribution is 5.11. The largest absolute Gasteiger partial charge is 0.409 e. The molecule has 0 aromatic rings. The lowest BCUT2D eigenvalue weighted by molar-refractivity contribution is -0.0805. The molecule has 0 aromatic heterocycles. The minimum Gasteiger partial charge on any atom is -0.313 e. The van der Waals surface area contributed by atoms with E-state index < -0.39 is 6.18 Å². The van der Waals surface area contributed by atoms with E-state index in [0.29, 0.717) is 31.2 Å². The standard InChI is InChI=1S/C6H8F3N/c7-6(8,9)3-5-1-2-10-4-5/h3,10H,1-2,4H2/b5-3-. The topological polar surface area (TPSA) is 12.0 Å². The van der Waals surface area contributed by atoms with Crippen molar-refractivity contribution < 1.29 is 13.2 Å². The Morgan fingerprint density at radius 1 is 1.40 bits per heavy atom. The molecule has 0 radical (unpaired) electrons. The summed E-state index contributed by atoms with van der Waals surface area (Å²) in [5.41, 5.74) is 0.451. The van der Waals surface area contributed by atoms with E-state index >= 15 is 0 Å². The fourth-order valence-electron chi connectivity index (χ4n) is 0.941. The van der Waals surface area contributed by atoms with Gasteiger partial charge in [0.05, 0.1) is 0 Å². The van der Waals surface area contributed by atoms with Crippen LogP contribution in [0.4, 0.5) is 13.2 Å². The van der Waals surface area contributed by atoms with Crippen molar-refractivity contribution in [3.05, 3.63) is 11.6 Å². The Bertz CT molecular complexity index is 140. The predicted molar refractivity (Wildman–Crippen MR) is 31.6 cm³/mol. The van der Waals surface area contributed by atoms with Crippen molar-refractivity contribution in [2.45, 2.75) is 12.6 Å². The molecule has 0 saturated carbocycles. The Hall–Kier alpha value is -0.510. The first-order valence-electron chi connectivity index (χ1n) is 3.06. The molecular weight excluding hydrogens is 143 g/mol. The lowest BCUT2D eigenvalue weighted by Crippen LogP contribution is -2.07. The highest BCUT2D eigenvalue weighted by atomic mass is 19.4. The van der Waals surface area contributed by atoms with Crippen molar-refractivity contribution in [3.8, 4) is 0 Å². The second-order valence-electron chi connectivity index (χ2n) is 2.27. The summed E-state index contributed by atoms with van der Waals surface area (Å²) in [5, 5.41) is 2.83. The zero-order valence-corrected chi connectivity index (χ0v) is 5.33. The minimum absolute atomic E-state index is 0.382. The lowest BCUT2D eigenvalue weighted by atomic mass is 10.2. The van der Waals surface area contributed by atoms with Gasteiger partial charge in [0.15, 0.2) is 0 Å². The summed E-state index contributed by atoms with van der Waals surface area (Å²) >= 11 is 0. The first-order valence-corrected chi connectivity index (χ1v) is 3.06. The lowest BCUT2D eigenvalue weighted by Gasteiger charge is -1.99. The van der Waals surface area contributed by atoms with Gasteiger partial charge in [-0.05, 0) is 13.0 Å². The summed E-state index contributed by atoms with van der Waals surface area (Å²) in [4.78, 5) is 0. The Morgan fingerprint density at radius 2 is 2.10 bits per heavy atom. The smallest absolute Gasteiger partial charge is 0.313 e. The van der Waals surface area contributed by atoms with E-state index in [9.17, 15) is 13.2 Å². The van der Waals surface area contributed by atoms with Gasteiger partial charge in [0, 0.05) is 12.6 Å². The number of nitrogens with one attached hydrogen (secondary N) is 1. The molecule has 1 N–H and O–H groups in total. The second kappa shape index (κ2) is 2.62. The number of allylic oxidation sites excluding steroid dienone is 1. The fraction of sp³-hybridized carbons (Fsp3) is 0.667. The van der Waals surface area contributed by atoms with Crippen LogP contribution in [0.2, 0.25) is 0 Å². The summed E-state index contributed by atoms with van der Waals surface area (Å²) in [6, 6.07) is 0. The van der Waals surface area contributed by atoms with Crippen LogP contribution in [-0.4, -0.2) is 19.3 Å². The van der Waals surface area contributed by atoms with Gasteiger partial charge < -0.3 is 5.32 Å². The molecule has 1 saturated heterocycles. The first-order chi connectivity index (χ1) is 4.58. The molecule has 1 aliphatic heterocycles. The Labute approximate surface area is 56.9 Å². The molecule has 1 nitrogen and oxygen atoms in total. The maximum absolute atomic E-state index is 11.6. The van der Waals surface area contributed by atoms with Gasteiger partial charge in [0.2, 0.25) is 0 Å². The van der Waals surface area contributed by atoms with Crippen molar-refractivity contribution in [2.24, 2.45) is 0 Å². The summed E-state index contributed by atoms with van der Waals surface area (Å²) in [5.74, 6) is 0.